The number of carbonyl (C=O) groups is 1. The second-order valence-electron chi connectivity index (χ2n) is 5.46. The standard InChI is InChI=1S/C17H19F3N2O2/c1-24-14(9-2-3-10-17(18,19)20)16(23)22-13-8-4-6-12-7-5-11-21-15(12)13/h4-8,11,14H,2-3,9-10H2,1H3,(H,22,23)/t14-/m0/s1. The van der Waals surface area contributed by atoms with E-state index in [9.17, 15) is 18.0 Å². The lowest BCUT2D eigenvalue weighted by molar-refractivity contribution is -0.136. The number of alkyl halides is 3. The molecule has 4 nitrogen and oxygen atoms in total. The molecule has 2 aromatic rings. The summed E-state index contributed by atoms with van der Waals surface area (Å²) in [5, 5.41) is 3.63. The van der Waals surface area contributed by atoms with E-state index in [1.54, 1.807) is 24.4 Å². The second-order valence-corrected chi connectivity index (χ2v) is 5.46. The zero-order valence-corrected chi connectivity index (χ0v) is 13.3. The fourth-order valence-corrected chi connectivity index (χ4v) is 2.43. The van der Waals surface area contributed by atoms with Gasteiger partial charge in [-0.15, -0.1) is 0 Å². The smallest absolute Gasteiger partial charge is 0.372 e. The quantitative estimate of drug-likeness (QED) is 0.764. The lowest BCUT2D eigenvalue weighted by Crippen LogP contribution is -2.29. The molecule has 0 aliphatic heterocycles. The van der Waals surface area contributed by atoms with Crippen molar-refractivity contribution >= 4 is 22.5 Å². The van der Waals surface area contributed by atoms with Gasteiger partial charge in [-0.25, -0.2) is 0 Å². The van der Waals surface area contributed by atoms with Crippen LogP contribution in [0.3, 0.4) is 0 Å². The number of unbranched alkanes of at least 4 members (excludes halogenated alkanes) is 1. The summed E-state index contributed by atoms with van der Waals surface area (Å²) in [6.45, 7) is 0. The largest absolute Gasteiger partial charge is 0.389 e. The van der Waals surface area contributed by atoms with Crippen LogP contribution in [0.4, 0.5) is 18.9 Å². The number of nitrogens with zero attached hydrogens (tertiary/aromatic N) is 1. The predicted octanol–water partition coefficient (Wildman–Crippen LogP) is 4.31. The van der Waals surface area contributed by atoms with E-state index < -0.39 is 18.7 Å². The molecule has 0 saturated heterocycles. The molecule has 7 heteroatoms. The van der Waals surface area contributed by atoms with Crippen LogP contribution in [0.5, 0.6) is 0 Å². The molecule has 2 rings (SSSR count). The van der Waals surface area contributed by atoms with Crippen LogP contribution in [0.25, 0.3) is 10.9 Å². The van der Waals surface area contributed by atoms with Gasteiger partial charge < -0.3 is 10.1 Å². The number of rotatable bonds is 7. The molecule has 0 aliphatic carbocycles. The number of amides is 1. The van der Waals surface area contributed by atoms with Crippen molar-refractivity contribution in [3.8, 4) is 0 Å². The van der Waals surface area contributed by atoms with Crippen molar-refractivity contribution in [2.45, 2.75) is 38.0 Å². The van der Waals surface area contributed by atoms with E-state index in [4.69, 9.17) is 4.74 Å². The van der Waals surface area contributed by atoms with Crippen LogP contribution < -0.4 is 5.32 Å². The highest BCUT2D eigenvalue weighted by Gasteiger charge is 2.26. The zero-order valence-electron chi connectivity index (χ0n) is 13.3. The van der Waals surface area contributed by atoms with Gasteiger partial charge in [-0.3, -0.25) is 9.78 Å². The number of carbonyl (C=O) groups excluding carboxylic acids is 1. The van der Waals surface area contributed by atoms with E-state index >= 15 is 0 Å². The monoisotopic (exact) mass is 340 g/mol. The molecule has 0 radical (unpaired) electrons. The van der Waals surface area contributed by atoms with Gasteiger partial charge in [0.15, 0.2) is 0 Å². The van der Waals surface area contributed by atoms with Gasteiger partial charge in [-0.05, 0) is 31.4 Å². The number of hydrogen-bond acceptors (Lipinski definition) is 3. The van der Waals surface area contributed by atoms with Gasteiger partial charge in [-0.2, -0.15) is 13.2 Å². The van der Waals surface area contributed by atoms with Crippen LogP contribution in [0.2, 0.25) is 0 Å². The number of methoxy groups -OCH3 is 1. The van der Waals surface area contributed by atoms with Crippen LogP contribution >= 0.6 is 0 Å². The highest BCUT2D eigenvalue weighted by Crippen LogP contribution is 2.24. The Balaban J connectivity index is 1.96. The molecule has 0 fully saturated rings. The Morgan fingerprint density at radius 2 is 2.00 bits per heavy atom. The lowest BCUT2D eigenvalue weighted by atomic mass is 10.1. The number of fused-ring (bicyclic) bond motifs is 1. The third-order valence-corrected chi connectivity index (χ3v) is 3.64. The Kier molecular flexibility index (Phi) is 6.14. The number of pyridine rings is 1. The van der Waals surface area contributed by atoms with E-state index in [2.05, 4.69) is 10.3 Å². The van der Waals surface area contributed by atoms with Crippen molar-refractivity contribution < 1.29 is 22.7 Å². The fourth-order valence-electron chi connectivity index (χ4n) is 2.43. The summed E-state index contributed by atoms with van der Waals surface area (Å²) in [6.07, 6.45) is -3.71. The highest BCUT2D eigenvalue weighted by atomic mass is 19.4. The summed E-state index contributed by atoms with van der Waals surface area (Å²) in [5.74, 6) is -0.386. The van der Waals surface area contributed by atoms with Crippen molar-refractivity contribution in [2.75, 3.05) is 12.4 Å². The van der Waals surface area contributed by atoms with E-state index in [0.717, 1.165) is 5.39 Å². The lowest BCUT2D eigenvalue weighted by Gasteiger charge is -2.16. The minimum atomic E-state index is -4.17. The Bertz CT molecular complexity index is 684. The summed E-state index contributed by atoms with van der Waals surface area (Å²) < 4.78 is 41.5. The molecule has 0 spiro atoms. The number of halogens is 3. The second kappa shape index (κ2) is 8.10. The molecule has 1 atom stereocenters. The molecular weight excluding hydrogens is 321 g/mol. The number of benzene rings is 1. The van der Waals surface area contributed by atoms with Gasteiger partial charge in [-0.1, -0.05) is 18.2 Å². The number of hydrogen-bond donors (Lipinski definition) is 1. The fraction of sp³-hybridized carbons (Fsp3) is 0.412. The maximum atomic E-state index is 12.3. The number of para-hydroxylation sites is 1. The molecule has 1 heterocycles. The zero-order chi connectivity index (χ0) is 17.6. The first-order valence-corrected chi connectivity index (χ1v) is 7.65. The van der Waals surface area contributed by atoms with Crippen LogP contribution in [0, 0.1) is 0 Å². The van der Waals surface area contributed by atoms with Crippen LogP contribution in [0.15, 0.2) is 36.5 Å². The van der Waals surface area contributed by atoms with Crippen molar-refractivity contribution in [3.05, 3.63) is 36.5 Å². The van der Waals surface area contributed by atoms with Gasteiger partial charge in [0.05, 0.1) is 11.2 Å². The normalized spacial score (nSPS) is 13.0. The number of nitrogens with one attached hydrogen (secondary N) is 1. The molecule has 1 amide bonds. The van der Waals surface area contributed by atoms with Crippen molar-refractivity contribution in [3.63, 3.8) is 0 Å². The highest BCUT2D eigenvalue weighted by molar-refractivity contribution is 6.01. The molecule has 1 aromatic heterocycles. The molecule has 0 bridgehead atoms. The first kappa shape index (κ1) is 18.2. The molecule has 1 aromatic carbocycles. The summed E-state index contributed by atoms with van der Waals surface area (Å²) >= 11 is 0. The van der Waals surface area contributed by atoms with Crippen LogP contribution in [-0.2, 0) is 9.53 Å². The molecular formula is C17H19F3N2O2. The summed E-state index contributed by atoms with van der Waals surface area (Å²) in [6, 6.07) is 9.08. The third-order valence-electron chi connectivity index (χ3n) is 3.64. The first-order valence-electron chi connectivity index (χ1n) is 7.65. The Hall–Kier alpha value is -2.15. The molecule has 0 aliphatic rings. The Morgan fingerprint density at radius 3 is 2.71 bits per heavy atom. The van der Waals surface area contributed by atoms with Gasteiger partial charge >= 0.3 is 6.18 Å². The number of ether oxygens (including phenoxy) is 1. The van der Waals surface area contributed by atoms with Crippen LogP contribution in [-0.4, -0.2) is 30.3 Å². The first-order chi connectivity index (χ1) is 11.4. The number of aromatic nitrogens is 1. The molecule has 130 valence electrons. The maximum Gasteiger partial charge on any atom is 0.389 e. The van der Waals surface area contributed by atoms with E-state index in [-0.39, 0.29) is 25.2 Å². The maximum absolute atomic E-state index is 12.3. The number of anilines is 1. The van der Waals surface area contributed by atoms with E-state index in [0.29, 0.717) is 11.2 Å². The van der Waals surface area contributed by atoms with E-state index in [1.165, 1.54) is 7.11 Å². The summed E-state index contributed by atoms with van der Waals surface area (Å²) in [7, 11) is 1.37. The average Bonchev–Trinajstić information content (AvgIpc) is 2.54. The van der Waals surface area contributed by atoms with Crippen molar-refractivity contribution in [2.24, 2.45) is 0 Å². The molecule has 1 N–H and O–H groups in total. The van der Waals surface area contributed by atoms with Gasteiger partial charge in [0.25, 0.3) is 5.91 Å². The topological polar surface area (TPSA) is 51.2 Å². The SMILES string of the molecule is CO[C@@H](CCCCC(F)(F)F)C(=O)Nc1cccc2cccnc12. The van der Waals surface area contributed by atoms with Gasteiger partial charge in [0.1, 0.15) is 6.10 Å². The van der Waals surface area contributed by atoms with Crippen molar-refractivity contribution in [1.82, 2.24) is 4.98 Å². The van der Waals surface area contributed by atoms with Gasteiger partial charge in [0.2, 0.25) is 0 Å². The molecule has 0 unspecified atom stereocenters. The third kappa shape index (κ3) is 5.19. The average molecular weight is 340 g/mol. The molecule has 24 heavy (non-hydrogen) atoms. The minimum Gasteiger partial charge on any atom is -0.372 e. The van der Waals surface area contributed by atoms with Gasteiger partial charge in [0, 0.05) is 25.1 Å². The minimum absolute atomic E-state index is 0.0214. The summed E-state index contributed by atoms with van der Waals surface area (Å²) in [5.41, 5.74) is 1.20. The van der Waals surface area contributed by atoms with E-state index in [1.807, 2.05) is 12.1 Å². The molecule has 0 saturated carbocycles. The summed E-state index contributed by atoms with van der Waals surface area (Å²) in [4.78, 5) is 16.5. The predicted molar refractivity (Wildman–Crippen MR) is 85.7 cm³/mol. The van der Waals surface area contributed by atoms with Crippen molar-refractivity contribution in [1.29, 1.82) is 0 Å². The Morgan fingerprint density at radius 1 is 1.25 bits per heavy atom. The Labute approximate surface area is 138 Å². The van der Waals surface area contributed by atoms with Crippen LogP contribution in [0.1, 0.15) is 25.7 Å².